The second-order valence-electron chi connectivity index (χ2n) is 13.8. The van der Waals surface area contributed by atoms with Gasteiger partial charge in [-0.2, -0.15) is 0 Å². The first-order chi connectivity index (χ1) is 30.2. The summed E-state index contributed by atoms with van der Waals surface area (Å²) < 4.78 is 6.16. The van der Waals surface area contributed by atoms with Crippen LogP contribution in [0.3, 0.4) is 0 Å². The lowest BCUT2D eigenvalue weighted by molar-refractivity contribution is -0.384. The van der Waals surface area contributed by atoms with Crippen LogP contribution in [0.15, 0.2) is 167 Å². The molecule has 7 aromatic rings. The Bertz CT molecular complexity index is 2930. The van der Waals surface area contributed by atoms with E-state index in [2.05, 4.69) is 31.3 Å². The number of rotatable bonds is 8. The standard InChI is InChI=1S/C24H17N3O2S.C23H18N4O5/c28-23(18-14-30-20-13-7-5-10-16(18)20)27-22-24(29)25-19-12-6-4-11-17(19)21(26-22)15-8-2-1-3-9-15;1-32-19-13-15(27(30)31)11-12-17(19)22(28)26-21-23(29)24-18-10-6-5-9-16(18)20(25-21)14-7-3-2-4-8-14/h1-14,22H,(H,25,29)(H,27,28);2-13,21H,1H3,(H,24,29)(H,26,28)/t;21-/m.1/s1. The van der Waals surface area contributed by atoms with E-state index < -0.39 is 29.1 Å². The highest BCUT2D eigenvalue weighted by molar-refractivity contribution is 7.17. The first-order valence-corrected chi connectivity index (χ1v) is 20.0. The van der Waals surface area contributed by atoms with Crippen LogP contribution in [0.5, 0.6) is 5.75 Å². The highest BCUT2D eigenvalue weighted by Crippen LogP contribution is 2.29. The number of nitro benzene ring substituents is 1. The maximum atomic E-state index is 13.0. The van der Waals surface area contributed by atoms with Gasteiger partial charge in [0.25, 0.3) is 29.3 Å². The first kappa shape index (κ1) is 40.5. The molecule has 2 atom stereocenters. The van der Waals surface area contributed by atoms with Gasteiger partial charge in [-0.25, -0.2) is 9.98 Å². The number of carbonyl (C=O) groups excluding carboxylic acids is 4. The van der Waals surface area contributed by atoms with E-state index >= 15 is 0 Å². The van der Waals surface area contributed by atoms with E-state index in [0.29, 0.717) is 28.4 Å². The van der Waals surface area contributed by atoms with Crippen molar-refractivity contribution in [2.75, 3.05) is 17.7 Å². The van der Waals surface area contributed by atoms with Gasteiger partial charge in [-0.1, -0.05) is 115 Å². The molecule has 2 aliphatic rings. The van der Waals surface area contributed by atoms with Crippen LogP contribution < -0.4 is 26.0 Å². The highest BCUT2D eigenvalue weighted by atomic mass is 32.1. The zero-order valence-electron chi connectivity index (χ0n) is 32.8. The zero-order valence-corrected chi connectivity index (χ0v) is 33.6. The third kappa shape index (κ3) is 8.55. The summed E-state index contributed by atoms with van der Waals surface area (Å²) in [6.45, 7) is 0. The Morgan fingerprint density at radius 2 is 1.13 bits per heavy atom. The largest absolute Gasteiger partial charge is 0.496 e. The number of nitrogens with one attached hydrogen (secondary N) is 4. The Morgan fingerprint density at radius 3 is 1.66 bits per heavy atom. The molecule has 4 amide bonds. The molecule has 0 spiro atoms. The number of aliphatic imine (C=N–C) groups is 2. The van der Waals surface area contributed by atoms with E-state index in [0.717, 1.165) is 38.4 Å². The van der Waals surface area contributed by atoms with Crippen LogP contribution in [0.1, 0.15) is 43.0 Å². The molecule has 0 bridgehead atoms. The predicted octanol–water partition coefficient (Wildman–Crippen LogP) is 7.60. The molecule has 0 saturated heterocycles. The Morgan fingerprint density at radius 1 is 0.645 bits per heavy atom. The molecule has 4 N–H and O–H groups in total. The van der Waals surface area contributed by atoms with Gasteiger partial charge in [-0.3, -0.25) is 29.3 Å². The molecule has 3 heterocycles. The molecule has 0 saturated carbocycles. The second kappa shape index (κ2) is 17.9. The fourth-order valence-corrected chi connectivity index (χ4v) is 7.84. The quantitative estimate of drug-likeness (QED) is 0.0894. The molecule has 14 nitrogen and oxygen atoms in total. The average molecular weight is 842 g/mol. The van der Waals surface area contributed by atoms with E-state index in [-0.39, 0.29) is 28.8 Å². The lowest BCUT2D eigenvalue weighted by Crippen LogP contribution is -2.42. The summed E-state index contributed by atoms with van der Waals surface area (Å²) in [7, 11) is 1.30. The summed E-state index contributed by atoms with van der Waals surface area (Å²) in [4.78, 5) is 71.4. The molecule has 1 unspecified atom stereocenters. The number of carbonyl (C=O) groups is 4. The van der Waals surface area contributed by atoms with Crippen molar-refractivity contribution in [2.45, 2.75) is 12.3 Å². The molecule has 9 rings (SSSR count). The van der Waals surface area contributed by atoms with Gasteiger partial charge in [-0.05, 0) is 24.3 Å². The number of para-hydroxylation sites is 2. The van der Waals surface area contributed by atoms with E-state index in [1.165, 1.54) is 30.6 Å². The Hall–Kier alpha value is -8.30. The molecule has 2 aliphatic heterocycles. The van der Waals surface area contributed by atoms with E-state index in [1.807, 2.05) is 127 Å². The summed E-state index contributed by atoms with van der Waals surface area (Å²) in [6, 6.07) is 45.0. The number of non-ortho nitro benzene ring substituents is 1. The number of anilines is 2. The number of nitro groups is 1. The molecular formula is C47H35N7O7S. The van der Waals surface area contributed by atoms with Gasteiger partial charge >= 0.3 is 0 Å². The molecule has 0 fully saturated rings. The summed E-state index contributed by atoms with van der Waals surface area (Å²) in [6.07, 6.45) is -2.27. The Balaban J connectivity index is 0.000000171. The maximum absolute atomic E-state index is 13.0. The predicted molar refractivity (Wildman–Crippen MR) is 238 cm³/mol. The normalized spacial score (nSPS) is 15.3. The fraction of sp³-hybridized carbons (Fsp3) is 0.0638. The maximum Gasteiger partial charge on any atom is 0.273 e. The molecule has 1 aromatic heterocycles. The van der Waals surface area contributed by atoms with Gasteiger partial charge in [0.2, 0.25) is 12.3 Å². The lowest BCUT2D eigenvalue weighted by atomic mass is 10.0. The molecule has 0 radical (unpaired) electrons. The van der Waals surface area contributed by atoms with Crippen LogP contribution in [-0.2, 0) is 9.59 Å². The van der Waals surface area contributed by atoms with Crippen molar-refractivity contribution in [3.8, 4) is 5.75 Å². The summed E-state index contributed by atoms with van der Waals surface area (Å²) in [5.41, 5.74) is 6.01. The lowest BCUT2D eigenvalue weighted by Gasteiger charge is -2.15. The minimum absolute atomic E-state index is 0.0151. The van der Waals surface area contributed by atoms with Crippen LogP contribution in [-0.4, -0.2) is 59.4 Å². The summed E-state index contributed by atoms with van der Waals surface area (Å²) in [5, 5.41) is 24.8. The smallest absolute Gasteiger partial charge is 0.273 e. The number of ether oxygens (including phenoxy) is 1. The number of methoxy groups -OCH3 is 1. The van der Waals surface area contributed by atoms with Crippen LogP contribution in [0.25, 0.3) is 10.1 Å². The SMILES string of the molecule is COc1cc([N+](=O)[O-])ccc1C(=O)N[C@H]1N=C(c2ccccc2)c2ccccc2NC1=O.O=C(NC1N=C(c2ccccc2)c2ccccc2NC1=O)c1csc2ccccc12. The van der Waals surface area contributed by atoms with E-state index in [9.17, 15) is 29.3 Å². The molecule has 15 heteroatoms. The third-order valence-electron chi connectivity index (χ3n) is 9.89. The van der Waals surface area contributed by atoms with Gasteiger partial charge in [-0.15, -0.1) is 11.3 Å². The fourth-order valence-electron chi connectivity index (χ4n) is 6.90. The first-order valence-electron chi connectivity index (χ1n) is 19.2. The summed E-state index contributed by atoms with van der Waals surface area (Å²) >= 11 is 1.50. The van der Waals surface area contributed by atoms with Gasteiger partial charge in [0, 0.05) is 43.8 Å². The van der Waals surface area contributed by atoms with Crippen molar-refractivity contribution in [2.24, 2.45) is 9.98 Å². The molecule has 0 aliphatic carbocycles. The second-order valence-corrected chi connectivity index (χ2v) is 14.7. The number of thiophene rings is 1. The molecule has 62 heavy (non-hydrogen) atoms. The number of nitrogens with zero attached hydrogens (tertiary/aromatic N) is 3. The zero-order chi connectivity index (χ0) is 43.2. The number of amides is 4. The highest BCUT2D eigenvalue weighted by Gasteiger charge is 2.30. The number of fused-ring (bicyclic) bond motifs is 3. The summed E-state index contributed by atoms with van der Waals surface area (Å²) in [5.74, 6) is -1.85. The minimum atomic E-state index is -1.23. The van der Waals surface area contributed by atoms with Crippen LogP contribution >= 0.6 is 11.3 Å². The Kier molecular flexibility index (Phi) is 11.7. The molecule has 306 valence electrons. The van der Waals surface area contributed by atoms with E-state index in [1.54, 1.807) is 12.1 Å². The van der Waals surface area contributed by atoms with Gasteiger partial charge in [0.15, 0.2) is 0 Å². The number of benzodiazepines with no additional fused rings is 2. The van der Waals surface area contributed by atoms with Crippen LogP contribution in [0, 0.1) is 10.1 Å². The number of benzene rings is 6. The van der Waals surface area contributed by atoms with Gasteiger partial charge in [0.05, 0.1) is 52.0 Å². The number of hydrogen-bond acceptors (Lipinski definition) is 10. The van der Waals surface area contributed by atoms with Crippen molar-refractivity contribution >= 4 is 73.5 Å². The molecule has 6 aromatic carbocycles. The average Bonchev–Trinajstić information content (AvgIpc) is 3.62. The van der Waals surface area contributed by atoms with Crippen molar-refractivity contribution in [1.82, 2.24) is 10.6 Å². The van der Waals surface area contributed by atoms with Crippen molar-refractivity contribution in [1.29, 1.82) is 0 Å². The van der Waals surface area contributed by atoms with Crippen LogP contribution in [0.2, 0.25) is 0 Å². The number of hydrogen-bond donors (Lipinski definition) is 4. The topological polar surface area (TPSA) is 193 Å². The van der Waals surface area contributed by atoms with Crippen molar-refractivity contribution < 1.29 is 28.8 Å². The third-order valence-corrected chi connectivity index (χ3v) is 10.9. The Labute approximate surface area is 358 Å². The van der Waals surface area contributed by atoms with Gasteiger partial charge < -0.3 is 26.0 Å². The monoisotopic (exact) mass is 841 g/mol. The van der Waals surface area contributed by atoms with Crippen molar-refractivity contribution in [3.05, 3.63) is 201 Å². The molecular weight excluding hydrogens is 807 g/mol. The van der Waals surface area contributed by atoms with Gasteiger partial charge in [0.1, 0.15) is 5.75 Å². The van der Waals surface area contributed by atoms with E-state index in [4.69, 9.17) is 4.74 Å². The minimum Gasteiger partial charge on any atom is -0.496 e. The van der Waals surface area contributed by atoms with Crippen LogP contribution in [0.4, 0.5) is 17.1 Å². The van der Waals surface area contributed by atoms with Crippen molar-refractivity contribution in [3.63, 3.8) is 0 Å².